The third-order valence-electron chi connectivity index (χ3n) is 2.98. The molecule has 0 radical (unpaired) electrons. The van der Waals surface area contributed by atoms with Gasteiger partial charge in [-0.15, -0.1) is 0 Å². The summed E-state index contributed by atoms with van der Waals surface area (Å²) in [4.78, 5) is 11.5. The zero-order valence-corrected chi connectivity index (χ0v) is 10.6. The van der Waals surface area contributed by atoms with Gasteiger partial charge in [-0.05, 0) is 44.7 Å². The average Bonchev–Trinajstić information content (AvgIpc) is 2.27. The van der Waals surface area contributed by atoms with Crippen molar-refractivity contribution in [2.45, 2.75) is 39.7 Å². The Morgan fingerprint density at radius 1 is 1.38 bits per heavy atom. The summed E-state index contributed by atoms with van der Waals surface area (Å²) in [5, 5.41) is 6.24. The molecule has 0 aromatic heterocycles. The molecule has 4 heteroatoms. The van der Waals surface area contributed by atoms with E-state index in [1.54, 1.807) is 0 Å². The zero-order valence-electron chi connectivity index (χ0n) is 10.6. The van der Waals surface area contributed by atoms with Crippen LogP contribution in [-0.2, 0) is 4.74 Å². The summed E-state index contributed by atoms with van der Waals surface area (Å²) >= 11 is 0. The van der Waals surface area contributed by atoms with Gasteiger partial charge in [-0.3, -0.25) is 0 Å². The van der Waals surface area contributed by atoms with Crippen LogP contribution in [0.15, 0.2) is 0 Å². The summed E-state index contributed by atoms with van der Waals surface area (Å²) in [7, 11) is 0. The molecule has 0 aromatic carbocycles. The van der Waals surface area contributed by atoms with Crippen molar-refractivity contribution < 1.29 is 9.53 Å². The summed E-state index contributed by atoms with van der Waals surface area (Å²) in [5.41, 5.74) is 0. The van der Waals surface area contributed by atoms with Crippen LogP contribution in [0, 0.1) is 11.8 Å². The highest BCUT2D eigenvalue weighted by Gasteiger charge is 2.21. The van der Waals surface area contributed by atoms with Gasteiger partial charge >= 0.3 is 6.09 Å². The first kappa shape index (κ1) is 13.3. The first-order valence-electron chi connectivity index (χ1n) is 6.23. The van der Waals surface area contributed by atoms with Crippen molar-refractivity contribution in [3.8, 4) is 0 Å². The zero-order chi connectivity index (χ0) is 12.0. The number of carbonyl (C=O) groups is 1. The highest BCUT2D eigenvalue weighted by Crippen LogP contribution is 2.15. The smallest absolute Gasteiger partial charge is 0.407 e. The quantitative estimate of drug-likeness (QED) is 0.771. The molecule has 1 aliphatic heterocycles. The topological polar surface area (TPSA) is 50.4 Å². The number of rotatable bonds is 4. The van der Waals surface area contributed by atoms with Gasteiger partial charge < -0.3 is 15.4 Å². The van der Waals surface area contributed by atoms with Crippen LogP contribution < -0.4 is 10.6 Å². The van der Waals surface area contributed by atoms with Gasteiger partial charge in [0.2, 0.25) is 0 Å². The Kier molecular flexibility index (Phi) is 5.60. The molecule has 0 aromatic rings. The van der Waals surface area contributed by atoms with E-state index in [2.05, 4.69) is 17.6 Å². The van der Waals surface area contributed by atoms with Crippen molar-refractivity contribution >= 4 is 6.09 Å². The molecular formula is C12H24N2O2. The lowest BCUT2D eigenvalue weighted by Gasteiger charge is -2.28. The monoisotopic (exact) mass is 228 g/mol. The maximum absolute atomic E-state index is 11.5. The Balaban J connectivity index is 2.21. The van der Waals surface area contributed by atoms with Crippen LogP contribution >= 0.6 is 0 Å². The molecule has 1 amide bonds. The minimum absolute atomic E-state index is 0.210. The van der Waals surface area contributed by atoms with Crippen LogP contribution in [0.4, 0.5) is 4.79 Å². The second kappa shape index (κ2) is 6.74. The van der Waals surface area contributed by atoms with Crippen molar-refractivity contribution in [2.75, 3.05) is 19.7 Å². The number of hydrogen-bond donors (Lipinski definition) is 2. The van der Waals surface area contributed by atoms with E-state index in [1.165, 1.54) is 0 Å². The first-order valence-corrected chi connectivity index (χ1v) is 6.23. The van der Waals surface area contributed by atoms with Gasteiger partial charge in [-0.1, -0.05) is 13.8 Å². The number of ether oxygens (including phenoxy) is 1. The molecule has 16 heavy (non-hydrogen) atoms. The second-order valence-electron chi connectivity index (χ2n) is 5.01. The fourth-order valence-corrected chi connectivity index (χ4v) is 1.93. The first-order chi connectivity index (χ1) is 7.59. The number of amides is 1. The molecule has 0 aliphatic carbocycles. The Morgan fingerprint density at radius 3 is 2.56 bits per heavy atom. The lowest BCUT2D eigenvalue weighted by Crippen LogP contribution is -2.43. The fourth-order valence-electron chi connectivity index (χ4n) is 1.93. The van der Waals surface area contributed by atoms with Gasteiger partial charge in [0, 0.05) is 6.04 Å². The molecule has 0 spiro atoms. The molecule has 1 heterocycles. The minimum Gasteiger partial charge on any atom is -0.449 e. The largest absolute Gasteiger partial charge is 0.449 e. The number of alkyl carbamates (subject to hydrolysis) is 1. The summed E-state index contributed by atoms with van der Waals surface area (Å²) in [6.07, 6.45) is 1.98. The van der Waals surface area contributed by atoms with Gasteiger partial charge in [-0.2, -0.15) is 0 Å². The van der Waals surface area contributed by atoms with Crippen LogP contribution in [0.1, 0.15) is 33.6 Å². The number of piperidine rings is 1. The normalized spacial score (nSPS) is 19.5. The van der Waals surface area contributed by atoms with Crippen molar-refractivity contribution in [1.29, 1.82) is 0 Å². The van der Waals surface area contributed by atoms with E-state index in [0.29, 0.717) is 18.4 Å². The number of nitrogens with one attached hydrogen (secondary N) is 2. The lowest BCUT2D eigenvalue weighted by atomic mass is 9.91. The summed E-state index contributed by atoms with van der Waals surface area (Å²) < 4.78 is 5.10. The minimum atomic E-state index is -0.278. The summed E-state index contributed by atoms with van der Waals surface area (Å²) in [5.74, 6) is 0.966. The number of hydrogen-bond acceptors (Lipinski definition) is 3. The van der Waals surface area contributed by atoms with E-state index in [1.807, 2.05) is 13.8 Å². The lowest BCUT2D eigenvalue weighted by molar-refractivity contribution is 0.125. The molecule has 2 N–H and O–H groups in total. The molecule has 1 saturated heterocycles. The van der Waals surface area contributed by atoms with E-state index in [4.69, 9.17) is 4.74 Å². The third-order valence-corrected chi connectivity index (χ3v) is 2.98. The van der Waals surface area contributed by atoms with Crippen molar-refractivity contribution in [3.05, 3.63) is 0 Å². The van der Waals surface area contributed by atoms with Crippen molar-refractivity contribution in [2.24, 2.45) is 11.8 Å². The maximum atomic E-state index is 11.5. The van der Waals surface area contributed by atoms with Gasteiger partial charge in [0.1, 0.15) is 0 Å². The molecule has 94 valence electrons. The third kappa shape index (κ3) is 4.84. The Hall–Kier alpha value is -0.770. The number of carbonyl (C=O) groups excluding carboxylic acids is 1. The van der Waals surface area contributed by atoms with Crippen LogP contribution in [0.5, 0.6) is 0 Å². The highest BCUT2D eigenvalue weighted by molar-refractivity contribution is 5.67. The van der Waals surface area contributed by atoms with Gasteiger partial charge in [0.15, 0.2) is 0 Å². The molecule has 1 rings (SSSR count). The Bertz CT molecular complexity index is 213. The second-order valence-corrected chi connectivity index (χ2v) is 5.01. The van der Waals surface area contributed by atoms with E-state index < -0.39 is 0 Å². The van der Waals surface area contributed by atoms with Crippen LogP contribution in [0.3, 0.4) is 0 Å². The molecule has 4 nitrogen and oxygen atoms in total. The standard InChI is InChI=1S/C12H24N2O2/c1-9(2)8-16-12(15)14-10(3)11-4-6-13-7-5-11/h9-11,13H,4-8H2,1-3H3,(H,14,15). The fraction of sp³-hybridized carbons (Fsp3) is 0.917. The molecule has 1 fully saturated rings. The van der Waals surface area contributed by atoms with E-state index >= 15 is 0 Å². The van der Waals surface area contributed by atoms with Crippen LogP contribution in [-0.4, -0.2) is 31.8 Å². The van der Waals surface area contributed by atoms with E-state index in [9.17, 15) is 4.79 Å². The molecular weight excluding hydrogens is 204 g/mol. The Labute approximate surface area is 98.1 Å². The summed E-state index contributed by atoms with van der Waals surface area (Å²) in [6.45, 7) is 8.72. The van der Waals surface area contributed by atoms with Crippen molar-refractivity contribution in [3.63, 3.8) is 0 Å². The maximum Gasteiger partial charge on any atom is 0.407 e. The van der Waals surface area contributed by atoms with Crippen LogP contribution in [0.25, 0.3) is 0 Å². The SMILES string of the molecule is CC(C)COC(=O)NC(C)C1CCNCC1. The average molecular weight is 228 g/mol. The Morgan fingerprint density at radius 2 is 2.00 bits per heavy atom. The molecule has 1 aliphatic rings. The summed E-state index contributed by atoms with van der Waals surface area (Å²) in [6, 6.07) is 0.210. The van der Waals surface area contributed by atoms with Gasteiger partial charge in [-0.25, -0.2) is 4.79 Å². The van der Waals surface area contributed by atoms with E-state index in [0.717, 1.165) is 25.9 Å². The predicted octanol–water partition coefficient (Wildman–Crippen LogP) is 1.76. The molecule has 0 saturated carbocycles. The van der Waals surface area contributed by atoms with E-state index in [-0.39, 0.29) is 12.1 Å². The molecule has 0 bridgehead atoms. The predicted molar refractivity (Wildman–Crippen MR) is 64.4 cm³/mol. The van der Waals surface area contributed by atoms with Gasteiger partial charge in [0.25, 0.3) is 0 Å². The highest BCUT2D eigenvalue weighted by atomic mass is 16.5. The molecule has 1 unspecified atom stereocenters. The van der Waals surface area contributed by atoms with Crippen molar-refractivity contribution in [1.82, 2.24) is 10.6 Å². The van der Waals surface area contributed by atoms with Gasteiger partial charge in [0.05, 0.1) is 6.61 Å². The molecule has 1 atom stereocenters. The van der Waals surface area contributed by atoms with Crippen LogP contribution in [0.2, 0.25) is 0 Å².